The first kappa shape index (κ1) is 21.0. The SMILES string of the molecule is Cc1cc(C)n2nc(C(=O)N3CCC[C@H](Cc4nc(C5CCCCCC5)no4)C3)nc2n1. The van der Waals surface area contributed by atoms with Crippen molar-refractivity contribution < 1.29 is 9.32 Å². The number of rotatable bonds is 4. The molecule has 0 aromatic carbocycles. The number of aromatic nitrogens is 6. The zero-order valence-corrected chi connectivity index (χ0v) is 19.0. The molecule has 1 saturated carbocycles. The Kier molecular flexibility index (Phi) is 5.89. The monoisotopic (exact) mass is 437 g/mol. The number of carbonyl (C=O) groups is 1. The highest BCUT2D eigenvalue weighted by Gasteiger charge is 2.29. The van der Waals surface area contributed by atoms with Crippen LogP contribution in [-0.4, -0.2) is 53.6 Å². The average Bonchev–Trinajstić information content (AvgIpc) is 3.33. The number of piperidine rings is 1. The lowest BCUT2D eigenvalue weighted by molar-refractivity contribution is 0.0656. The van der Waals surface area contributed by atoms with Crippen LogP contribution in [0.15, 0.2) is 10.6 Å². The van der Waals surface area contributed by atoms with Crippen LogP contribution in [-0.2, 0) is 6.42 Å². The first-order chi connectivity index (χ1) is 15.6. The zero-order chi connectivity index (χ0) is 22.1. The molecule has 32 heavy (non-hydrogen) atoms. The maximum absolute atomic E-state index is 13.1. The molecule has 9 nitrogen and oxygen atoms in total. The summed E-state index contributed by atoms with van der Waals surface area (Å²) in [5.41, 5.74) is 1.78. The molecular weight excluding hydrogens is 406 g/mol. The molecular formula is C23H31N7O2. The van der Waals surface area contributed by atoms with Gasteiger partial charge in [0.1, 0.15) is 0 Å². The lowest BCUT2D eigenvalue weighted by Crippen LogP contribution is -2.41. The molecule has 1 saturated heterocycles. The van der Waals surface area contributed by atoms with Crippen molar-refractivity contribution in [2.24, 2.45) is 5.92 Å². The Morgan fingerprint density at radius 2 is 1.88 bits per heavy atom. The molecule has 4 heterocycles. The van der Waals surface area contributed by atoms with Crippen LogP contribution in [0.5, 0.6) is 0 Å². The fourth-order valence-electron chi connectivity index (χ4n) is 5.12. The van der Waals surface area contributed by atoms with Crippen LogP contribution >= 0.6 is 0 Å². The van der Waals surface area contributed by atoms with Gasteiger partial charge >= 0.3 is 0 Å². The minimum Gasteiger partial charge on any atom is -0.339 e. The van der Waals surface area contributed by atoms with Gasteiger partial charge < -0.3 is 9.42 Å². The lowest BCUT2D eigenvalue weighted by atomic mass is 9.94. The molecule has 0 spiro atoms. The second kappa shape index (κ2) is 8.96. The molecule has 3 aromatic rings. The first-order valence-electron chi connectivity index (χ1n) is 11.9. The van der Waals surface area contributed by atoms with E-state index < -0.39 is 0 Å². The van der Waals surface area contributed by atoms with Gasteiger partial charge in [0.2, 0.25) is 11.7 Å². The van der Waals surface area contributed by atoms with Gasteiger partial charge in [-0.2, -0.15) is 9.97 Å². The summed E-state index contributed by atoms with van der Waals surface area (Å²) in [6, 6.07) is 1.93. The average molecular weight is 438 g/mol. The predicted octanol–water partition coefficient (Wildman–Crippen LogP) is 3.66. The van der Waals surface area contributed by atoms with Crippen molar-refractivity contribution in [2.45, 2.75) is 77.6 Å². The van der Waals surface area contributed by atoms with Gasteiger partial charge in [-0.3, -0.25) is 4.79 Å². The first-order valence-corrected chi connectivity index (χ1v) is 11.9. The second-order valence-electron chi connectivity index (χ2n) is 9.38. The van der Waals surface area contributed by atoms with E-state index in [1.807, 2.05) is 24.8 Å². The van der Waals surface area contributed by atoms with E-state index in [0.717, 1.165) is 42.9 Å². The molecule has 2 aliphatic rings. The third-order valence-electron chi connectivity index (χ3n) is 6.78. The summed E-state index contributed by atoms with van der Waals surface area (Å²) < 4.78 is 7.24. The Bertz CT molecular complexity index is 1100. The highest BCUT2D eigenvalue weighted by atomic mass is 16.5. The van der Waals surface area contributed by atoms with Gasteiger partial charge in [0, 0.05) is 36.8 Å². The summed E-state index contributed by atoms with van der Waals surface area (Å²) in [6.07, 6.45) is 10.1. The van der Waals surface area contributed by atoms with E-state index in [9.17, 15) is 4.79 Å². The normalized spacial score (nSPS) is 20.6. The fourth-order valence-corrected chi connectivity index (χ4v) is 5.12. The molecule has 9 heteroatoms. The highest BCUT2D eigenvalue weighted by molar-refractivity contribution is 5.91. The molecule has 0 bridgehead atoms. The molecule has 170 valence electrons. The van der Waals surface area contributed by atoms with Crippen LogP contribution in [0.1, 0.15) is 91.0 Å². The van der Waals surface area contributed by atoms with E-state index in [4.69, 9.17) is 9.51 Å². The van der Waals surface area contributed by atoms with Crippen molar-refractivity contribution in [3.8, 4) is 0 Å². The Morgan fingerprint density at radius 1 is 1.06 bits per heavy atom. The number of amides is 1. The summed E-state index contributed by atoms with van der Waals surface area (Å²) in [5.74, 6) is 2.84. The van der Waals surface area contributed by atoms with Crippen molar-refractivity contribution in [1.29, 1.82) is 0 Å². The number of hydrogen-bond donors (Lipinski definition) is 0. The van der Waals surface area contributed by atoms with Gasteiger partial charge in [0.05, 0.1) is 0 Å². The number of fused-ring (bicyclic) bond motifs is 1. The summed E-state index contributed by atoms with van der Waals surface area (Å²) in [7, 11) is 0. The van der Waals surface area contributed by atoms with E-state index in [1.54, 1.807) is 4.52 Å². The molecule has 1 aliphatic heterocycles. The number of nitrogens with zero attached hydrogens (tertiary/aromatic N) is 7. The van der Waals surface area contributed by atoms with Crippen LogP contribution in [0.3, 0.4) is 0 Å². The zero-order valence-electron chi connectivity index (χ0n) is 19.0. The smallest absolute Gasteiger partial charge is 0.293 e. The Labute approximate surface area is 187 Å². The topological polar surface area (TPSA) is 102 Å². The van der Waals surface area contributed by atoms with E-state index in [-0.39, 0.29) is 11.7 Å². The molecule has 1 aliphatic carbocycles. The third-order valence-corrected chi connectivity index (χ3v) is 6.78. The van der Waals surface area contributed by atoms with Gasteiger partial charge in [-0.1, -0.05) is 30.8 Å². The van der Waals surface area contributed by atoms with Crippen molar-refractivity contribution >= 4 is 11.7 Å². The van der Waals surface area contributed by atoms with E-state index >= 15 is 0 Å². The maximum Gasteiger partial charge on any atom is 0.293 e. The minimum atomic E-state index is -0.137. The van der Waals surface area contributed by atoms with Gasteiger partial charge in [-0.05, 0) is 51.5 Å². The van der Waals surface area contributed by atoms with Gasteiger partial charge in [-0.15, -0.1) is 5.10 Å². The summed E-state index contributed by atoms with van der Waals surface area (Å²) in [5, 5.41) is 8.70. The predicted molar refractivity (Wildman–Crippen MR) is 117 cm³/mol. The van der Waals surface area contributed by atoms with Crippen LogP contribution < -0.4 is 0 Å². The van der Waals surface area contributed by atoms with Crippen molar-refractivity contribution in [2.75, 3.05) is 13.1 Å². The fraction of sp³-hybridized carbons (Fsp3) is 0.652. The van der Waals surface area contributed by atoms with E-state index in [2.05, 4.69) is 20.2 Å². The highest BCUT2D eigenvalue weighted by Crippen LogP contribution is 2.30. The van der Waals surface area contributed by atoms with Crippen molar-refractivity contribution in [3.05, 3.63) is 35.0 Å². The number of aryl methyl sites for hydroxylation is 2. The number of likely N-dealkylation sites (tertiary alicyclic amines) is 1. The van der Waals surface area contributed by atoms with Crippen LogP contribution in [0.4, 0.5) is 0 Å². The Balaban J connectivity index is 1.25. The molecule has 2 fully saturated rings. The Hall–Kier alpha value is -2.84. The Morgan fingerprint density at radius 3 is 2.69 bits per heavy atom. The molecule has 0 unspecified atom stereocenters. The van der Waals surface area contributed by atoms with Gasteiger partial charge in [0.15, 0.2) is 5.82 Å². The van der Waals surface area contributed by atoms with Crippen LogP contribution in [0.2, 0.25) is 0 Å². The van der Waals surface area contributed by atoms with Crippen LogP contribution in [0, 0.1) is 19.8 Å². The second-order valence-corrected chi connectivity index (χ2v) is 9.38. The summed E-state index contributed by atoms with van der Waals surface area (Å²) in [6.45, 7) is 5.22. The van der Waals surface area contributed by atoms with E-state index in [0.29, 0.717) is 43.0 Å². The third kappa shape index (κ3) is 4.38. The van der Waals surface area contributed by atoms with E-state index in [1.165, 1.54) is 25.7 Å². The number of hydrogen-bond acceptors (Lipinski definition) is 7. The molecule has 1 amide bonds. The van der Waals surface area contributed by atoms with Crippen LogP contribution in [0.25, 0.3) is 5.78 Å². The minimum absolute atomic E-state index is 0.137. The quantitative estimate of drug-likeness (QED) is 0.574. The van der Waals surface area contributed by atoms with Crippen molar-refractivity contribution in [3.63, 3.8) is 0 Å². The van der Waals surface area contributed by atoms with Crippen molar-refractivity contribution in [1.82, 2.24) is 34.6 Å². The standard InChI is InChI=1S/C23H31N7O2/c1-15-12-16(2)30-23(24-15)26-21(27-30)22(31)29-11-7-8-17(14-29)13-19-25-20(28-32-19)18-9-5-3-4-6-10-18/h12,17-18H,3-11,13-14H2,1-2H3/t17-/m1/s1. The summed E-state index contributed by atoms with van der Waals surface area (Å²) >= 11 is 0. The number of carbonyl (C=O) groups excluding carboxylic acids is 1. The largest absolute Gasteiger partial charge is 0.339 e. The summed E-state index contributed by atoms with van der Waals surface area (Å²) in [4.78, 5) is 28.5. The molecule has 0 N–H and O–H groups in total. The maximum atomic E-state index is 13.1. The lowest BCUT2D eigenvalue weighted by Gasteiger charge is -2.31. The molecule has 3 aromatic heterocycles. The molecule has 5 rings (SSSR count). The van der Waals surface area contributed by atoms with Gasteiger partial charge in [-0.25, -0.2) is 9.50 Å². The molecule has 1 atom stereocenters. The molecule has 0 radical (unpaired) electrons. The van der Waals surface area contributed by atoms with Gasteiger partial charge in [0.25, 0.3) is 11.7 Å².